The fourth-order valence-corrected chi connectivity index (χ4v) is 4.79. The van der Waals surface area contributed by atoms with Crippen molar-refractivity contribution in [3.8, 4) is 0 Å². The smallest absolute Gasteiger partial charge is 0.243 e. The van der Waals surface area contributed by atoms with E-state index in [-0.39, 0.29) is 23.0 Å². The number of carbonyl (C=O) groups excluding carboxylic acids is 1. The maximum Gasteiger partial charge on any atom is 0.243 e. The number of nitrogens with zero attached hydrogens (tertiary/aromatic N) is 2. The number of carbonyl (C=O) groups is 1. The molecule has 7 heteroatoms. The highest BCUT2D eigenvalue weighted by molar-refractivity contribution is 7.89. The normalized spacial score (nSPS) is 26.7. The number of anilines is 1. The van der Waals surface area contributed by atoms with Crippen LogP contribution in [0.5, 0.6) is 0 Å². The zero-order valence-electron chi connectivity index (χ0n) is 13.4. The van der Waals surface area contributed by atoms with Crippen LogP contribution in [0, 0.1) is 0 Å². The van der Waals surface area contributed by atoms with Gasteiger partial charge in [0, 0.05) is 31.7 Å². The quantitative estimate of drug-likeness (QED) is 0.840. The van der Waals surface area contributed by atoms with Crippen LogP contribution < -0.4 is 4.90 Å². The summed E-state index contributed by atoms with van der Waals surface area (Å²) in [5.41, 5.74) is 0.759. The van der Waals surface area contributed by atoms with Gasteiger partial charge in [-0.25, -0.2) is 8.42 Å². The Balaban J connectivity index is 1.81. The van der Waals surface area contributed by atoms with Crippen molar-refractivity contribution < 1.29 is 17.9 Å². The molecular formula is C16H22N2O4S. The molecule has 2 heterocycles. The predicted molar refractivity (Wildman–Crippen MR) is 86.8 cm³/mol. The molecule has 126 valence electrons. The van der Waals surface area contributed by atoms with Gasteiger partial charge in [-0.1, -0.05) is 0 Å². The van der Waals surface area contributed by atoms with Crippen LogP contribution in [-0.4, -0.2) is 50.5 Å². The van der Waals surface area contributed by atoms with Crippen LogP contribution in [0.1, 0.15) is 26.7 Å². The van der Waals surface area contributed by atoms with Crippen LogP contribution in [0.15, 0.2) is 29.2 Å². The van der Waals surface area contributed by atoms with E-state index in [1.165, 1.54) is 4.31 Å². The first-order valence-corrected chi connectivity index (χ1v) is 9.38. The Kier molecular flexibility index (Phi) is 4.44. The summed E-state index contributed by atoms with van der Waals surface area (Å²) < 4.78 is 32.6. The largest absolute Gasteiger partial charge is 0.373 e. The molecule has 2 fully saturated rings. The second-order valence-corrected chi connectivity index (χ2v) is 8.16. The molecule has 0 saturated carbocycles. The number of hydrogen-bond donors (Lipinski definition) is 0. The summed E-state index contributed by atoms with van der Waals surface area (Å²) in [6.45, 7) is 5.17. The SMILES string of the molecule is CC1CN(S(=O)(=O)c2ccc(N3CCCC3=O)cc2)CC(C)O1. The molecule has 1 aromatic rings. The zero-order chi connectivity index (χ0) is 16.6. The lowest BCUT2D eigenvalue weighted by Crippen LogP contribution is -2.48. The van der Waals surface area contributed by atoms with Gasteiger partial charge in [0.05, 0.1) is 17.1 Å². The summed E-state index contributed by atoms with van der Waals surface area (Å²) >= 11 is 0. The summed E-state index contributed by atoms with van der Waals surface area (Å²) in [6.07, 6.45) is 1.18. The molecule has 0 radical (unpaired) electrons. The van der Waals surface area contributed by atoms with Gasteiger partial charge in [0.15, 0.2) is 0 Å². The van der Waals surface area contributed by atoms with E-state index in [0.717, 1.165) is 12.1 Å². The summed E-state index contributed by atoms with van der Waals surface area (Å²) in [4.78, 5) is 13.7. The number of sulfonamides is 1. The van der Waals surface area contributed by atoms with Gasteiger partial charge in [-0.05, 0) is 44.5 Å². The first-order chi connectivity index (χ1) is 10.9. The van der Waals surface area contributed by atoms with Crippen molar-refractivity contribution in [2.75, 3.05) is 24.5 Å². The fraction of sp³-hybridized carbons (Fsp3) is 0.562. The van der Waals surface area contributed by atoms with Gasteiger partial charge in [0.25, 0.3) is 0 Å². The lowest BCUT2D eigenvalue weighted by atomic mass is 10.3. The molecule has 3 rings (SSSR count). The Morgan fingerprint density at radius 2 is 1.70 bits per heavy atom. The third kappa shape index (κ3) is 3.27. The molecule has 0 N–H and O–H groups in total. The van der Waals surface area contributed by atoms with Crippen LogP contribution in [0.4, 0.5) is 5.69 Å². The molecule has 0 spiro atoms. The Morgan fingerprint density at radius 1 is 1.09 bits per heavy atom. The Morgan fingerprint density at radius 3 is 2.22 bits per heavy atom. The third-order valence-electron chi connectivity index (χ3n) is 4.25. The standard InChI is InChI=1S/C16H22N2O4S/c1-12-10-17(11-13(2)22-12)23(20,21)15-7-5-14(6-8-15)18-9-3-4-16(18)19/h5-8,12-13H,3-4,9-11H2,1-2H3. The van der Waals surface area contributed by atoms with Gasteiger partial charge < -0.3 is 9.64 Å². The number of amides is 1. The van der Waals surface area contributed by atoms with Crippen LogP contribution in [-0.2, 0) is 19.6 Å². The first-order valence-electron chi connectivity index (χ1n) is 7.94. The number of benzene rings is 1. The second-order valence-electron chi connectivity index (χ2n) is 6.22. The minimum absolute atomic E-state index is 0.0939. The highest BCUT2D eigenvalue weighted by atomic mass is 32.2. The number of rotatable bonds is 3. The van der Waals surface area contributed by atoms with E-state index in [9.17, 15) is 13.2 Å². The maximum atomic E-state index is 12.8. The van der Waals surface area contributed by atoms with E-state index in [4.69, 9.17) is 4.74 Å². The molecule has 2 unspecified atom stereocenters. The molecule has 2 aliphatic heterocycles. The van der Waals surface area contributed by atoms with Crippen molar-refractivity contribution in [3.63, 3.8) is 0 Å². The predicted octanol–water partition coefficient (Wildman–Crippen LogP) is 1.61. The van der Waals surface area contributed by atoms with Gasteiger partial charge in [0.2, 0.25) is 15.9 Å². The zero-order valence-corrected chi connectivity index (χ0v) is 14.3. The van der Waals surface area contributed by atoms with E-state index in [2.05, 4.69) is 0 Å². The van der Waals surface area contributed by atoms with Gasteiger partial charge in [-0.2, -0.15) is 4.31 Å². The van der Waals surface area contributed by atoms with Gasteiger partial charge in [-0.3, -0.25) is 4.79 Å². The van der Waals surface area contributed by atoms with Crippen molar-refractivity contribution in [3.05, 3.63) is 24.3 Å². The molecule has 0 aromatic heterocycles. The summed E-state index contributed by atoms with van der Waals surface area (Å²) in [7, 11) is -3.53. The number of morpholine rings is 1. The van der Waals surface area contributed by atoms with Gasteiger partial charge in [-0.15, -0.1) is 0 Å². The average molecular weight is 338 g/mol. The molecule has 2 aliphatic rings. The summed E-state index contributed by atoms with van der Waals surface area (Å²) in [5.74, 6) is 0.0939. The monoisotopic (exact) mass is 338 g/mol. The van der Waals surface area contributed by atoms with Crippen molar-refractivity contribution in [2.45, 2.75) is 43.8 Å². The van der Waals surface area contributed by atoms with Crippen LogP contribution in [0.3, 0.4) is 0 Å². The molecule has 2 atom stereocenters. The highest BCUT2D eigenvalue weighted by Gasteiger charge is 2.32. The maximum absolute atomic E-state index is 12.8. The summed E-state index contributed by atoms with van der Waals surface area (Å²) in [6, 6.07) is 6.59. The van der Waals surface area contributed by atoms with Gasteiger partial charge >= 0.3 is 0 Å². The molecule has 2 saturated heterocycles. The van der Waals surface area contributed by atoms with Crippen LogP contribution in [0.25, 0.3) is 0 Å². The summed E-state index contributed by atoms with van der Waals surface area (Å²) in [5, 5.41) is 0. The fourth-order valence-electron chi connectivity index (χ4n) is 3.20. The lowest BCUT2D eigenvalue weighted by Gasteiger charge is -2.34. The van der Waals surface area contributed by atoms with E-state index in [0.29, 0.717) is 26.1 Å². The Hall–Kier alpha value is -1.44. The van der Waals surface area contributed by atoms with Gasteiger partial charge in [0.1, 0.15) is 0 Å². The van der Waals surface area contributed by atoms with Crippen molar-refractivity contribution >= 4 is 21.6 Å². The van der Waals surface area contributed by atoms with E-state index in [1.807, 2.05) is 13.8 Å². The second kappa shape index (κ2) is 6.22. The minimum Gasteiger partial charge on any atom is -0.373 e. The topological polar surface area (TPSA) is 66.9 Å². The first kappa shape index (κ1) is 16.4. The van der Waals surface area contributed by atoms with Crippen LogP contribution >= 0.6 is 0 Å². The molecule has 6 nitrogen and oxygen atoms in total. The van der Waals surface area contributed by atoms with Crippen molar-refractivity contribution in [1.82, 2.24) is 4.31 Å². The highest BCUT2D eigenvalue weighted by Crippen LogP contribution is 2.25. The minimum atomic E-state index is -3.53. The third-order valence-corrected chi connectivity index (χ3v) is 6.09. The average Bonchev–Trinajstić information content (AvgIpc) is 2.92. The molecule has 1 aromatic carbocycles. The van der Waals surface area contributed by atoms with E-state index < -0.39 is 10.0 Å². The van der Waals surface area contributed by atoms with E-state index in [1.54, 1.807) is 29.2 Å². The molecular weight excluding hydrogens is 316 g/mol. The molecule has 1 amide bonds. The van der Waals surface area contributed by atoms with Crippen LogP contribution in [0.2, 0.25) is 0 Å². The van der Waals surface area contributed by atoms with E-state index >= 15 is 0 Å². The Bertz CT molecular complexity index is 677. The van der Waals surface area contributed by atoms with Crippen molar-refractivity contribution in [2.24, 2.45) is 0 Å². The molecule has 0 bridgehead atoms. The molecule has 23 heavy (non-hydrogen) atoms. The Labute approximate surface area is 137 Å². The number of hydrogen-bond acceptors (Lipinski definition) is 4. The number of ether oxygens (including phenoxy) is 1. The lowest BCUT2D eigenvalue weighted by molar-refractivity contribution is -0.117. The molecule has 0 aliphatic carbocycles. The van der Waals surface area contributed by atoms with Crippen molar-refractivity contribution in [1.29, 1.82) is 0 Å².